The summed E-state index contributed by atoms with van der Waals surface area (Å²) < 4.78 is 28.8. The number of alkyl halides is 2. The van der Waals surface area contributed by atoms with Crippen LogP contribution < -0.4 is 4.57 Å². The number of rotatable bonds is 3. The van der Waals surface area contributed by atoms with Crippen LogP contribution in [0.15, 0.2) is 12.4 Å². The quantitative estimate of drug-likeness (QED) is 0.639. The van der Waals surface area contributed by atoms with Crippen molar-refractivity contribution in [2.75, 3.05) is 0 Å². The highest BCUT2D eigenvalue weighted by molar-refractivity contribution is 4.79. The van der Waals surface area contributed by atoms with Crippen molar-refractivity contribution in [3.05, 3.63) is 18.2 Å². The lowest BCUT2D eigenvalue weighted by atomic mass is 10.3. The standard InChI is InChI=1S/C9H15F2N2/c1-8-12(3)6-7-13(8)5-4-9(2,10)11/h6-7H,4-5H2,1-3H3/q+1. The van der Waals surface area contributed by atoms with Gasteiger partial charge in [-0.3, -0.25) is 0 Å². The summed E-state index contributed by atoms with van der Waals surface area (Å²) in [4.78, 5) is 0. The normalized spacial score (nSPS) is 12.1. The summed E-state index contributed by atoms with van der Waals surface area (Å²) in [7, 11) is 1.90. The lowest BCUT2D eigenvalue weighted by Gasteiger charge is -2.07. The molecule has 13 heavy (non-hydrogen) atoms. The highest BCUT2D eigenvalue weighted by Gasteiger charge is 2.22. The van der Waals surface area contributed by atoms with Gasteiger partial charge >= 0.3 is 0 Å². The largest absolute Gasteiger partial charge is 0.253 e. The van der Waals surface area contributed by atoms with E-state index < -0.39 is 5.92 Å². The van der Waals surface area contributed by atoms with Crippen LogP contribution in [0.25, 0.3) is 0 Å². The summed E-state index contributed by atoms with van der Waals surface area (Å²) in [5.74, 6) is -1.58. The molecule has 2 nitrogen and oxygen atoms in total. The highest BCUT2D eigenvalue weighted by Crippen LogP contribution is 2.17. The van der Waals surface area contributed by atoms with Gasteiger partial charge in [-0.15, -0.1) is 0 Å². The Labute approximate surface area is 76.8 Å². The van der Waals surface area contributed by atoms with Crippen molar-refractivity contribution in [1.82, 2.24) is 4.57 Å². The smallest absolute Gasteiger partial charge is 0.237 e. The lowest BCUT2D eigenvalue weighted by Crippen LogP contribution is -2.30. The number of nitrogens with zero attached hydrogens (tertiary/aromatic N) is 2. The van der Waals surface area contributed by atoms with Gasteiger partial charge in [0.05, 0.1) is 13.6 Å². The van der Waals surface area contributed by atoms with Crippen LogP contribution in [0.2, 0.25) is 0 Å². The molecule has 0 aliphatic carbocycles. The van der Waals surface area contributed by atoms with Crippen LogP contribution in [0.1, 0.15) is 19.2 Å². The minimum atomic E-state index is -2.57. The molecule has 1 rings (SSSR count). The molecule has 0 radical (unpaired) electrons. The van der Waals surface area contributed by atoms with Gasteiger partial charge in [0, 0.05) is 13.3 Å². The first-order valence-corrected chi connectivity index (χ1v) is 4.29. The zero-order valence-electron chi connectivity index (χ0n) is 8.22. The molecule has 0 aliphatic heterocycles. The first-order chi connectivity index (χ1) is 5.90. The molecule has 1 aromatic heterocycles. The van der Waals surface area contributed by atoms with Crippen molar-refractivity contribution in [2.24, 2.45) is 7.05 Å². The molecule has 0 aromatic carbocycles. The van der Waals surface area contributed by atoms with Gasteiger partial charge in [-0.2, -0.15) is 0 Å². The predicted octanol–water partition coefficient (Wildman–Crippen LogP) is 1.67. The molecule has 1 heterocycles. The average molecular weight is 189 g/mol. The van der Waals surface area contributed by atoms with Gasteiger partial charge in [-0.1, -0.05) is 0 Å². The second-order valence-electron chi connectivity index (χ2n) is 3.47. The molecule has 0 unspecified atom stereocenters. The maximum Gasteiger partial charge on any atom is 0.253 e. The first-order valence-electron chi connectivity index (χ1n) is 4.29. The minimum absolute atomic E-state index is 0.109. The van der Waals surface area contributed by atoms with Crippen molar-refractivity contribution in [2.45, 2.75) is 32.7 Å². The summed E-state index contributed by atoms with van der Waals surface area (Å²) in [5.41, 5.74) is 0. The van der Waals surface area contributed by atoms with E-state index in [1.807, 2.05) is 35.5 Å². The van der Waals surface area contributed by atoms with E-state index in [0.29, 0.717) is 6.54 Å². The number of aryl methyl sites for hydroxylation is 2. The third kappa shape index (κ3) is 2.79. The van der Waals surface area contributed by atoms with E-state index in [1.165, 1.54) is 0 Å². The van der Waals surface area contributed by atoms with Crippen LogP contribution >= 0.6 is 0 Å². The Bertz CT molecular complexity index is 286. The van der Waals surface area contributed by atoms with Crippen molar-refractivity contribution in [1.29, 1.82) is 0 Å². The number of halogens is 2. The van der Waals surface area contributed by atoms with E-state index in [-0.39, 0.29) is 6.42 Å². The molecule has 74 valence electrons. The number of imidazole rings is 1. The van der Waals surface area contributed by atoms with Crippen molar-refractivity contribution < 1.29 is 13.3 Å². The van der Waals surface area contributed by atoms with Gasteiger partial charge in [0.1, 0.15) is 12.4 Å². The molecule has 0 spiro atoms. The fraction of sp³-hybridized carbons (Fsp3) is 0.667. The molecular weight excluding hydrogens is 174 g/mol. The SMILES string of the molecule is Cc1n(CCC(C)(F)F)cc[n+]1C. The number of hydrogen-bond acceptors (Lipinski definition) is 0. The maximum absolute atomic E-state index is 12.5. The van der Waals surface area contributed by atoms with Crippen LogP contribution in [0.4, 0.5) is 8.78 Å². The van der Waals surface area contributed by atoms with Crippen LogP contribution in [0.5, 0.6) is 0 Å². The Hall–Kier alpha value is -0.930. The van der Waals surface area contributed by atoms with Crippen molar-refractivity contribution in [3.63, 3.8) is 0 Å². The highest BCUT2D eigenvalue weighted by atomic mass is 19.3. The van der Waals surface area contributed by atoms with Crippen LogP contribution in [0.3, 0.4) is 0 Å². The van der Waals surface area contributed by atoms with E-state index in [2.05, 4.69) is 0 Å². The fourth-order valence-corrected chi connectivity index (χ4v) is 1.15. The zero-order chi connectivity index (χ0) is 10.1. The summed E-state index contributed by atoms with van der Waals surface area (Å²) in [5, 5.41) is 0. The van der Waals surface area contributed by atoms with E-state index in [9.17, 15) is 8.78 Å². The second-order valence-corrected chi connectivity index (χ2v) is 3.47. The fourth-order valence-electron chi connectivity index (χ4n) is 1.15. The monoisotopic (exact) mass is 189 g/mol. The molecule has 1 aromatic rings. The molecular formula is C9H15F2N2+. The molecule has 0 atom stereocenters. The van der Waals surface area contributed by atoms with Crippen molar-refractivity contribution in [3.8, 4) is 0 Å². The molecule has 0 saturated carbocycles. The molecule has 4 heteroatoms. The number of hydrogen-bond donors (Lipinski definition) is 0. The lowest BCUT2D eigenvalue weighted by molar-refractivity contribution is -0.677. The first kappa shape index (κ1) is 10.2. The predicted molar refractivity (Wildman–Crippen MR) is 45.6 cm³/mol. The van der Waals surface area contributed by atoms with Gasteiger partial charge in [-0.25, -0.2) is 17.9 Å². The van der Waals surface area contributed by atoms with E-state index in [1.54, 1.807) is 0 Å². The third-order valence-corrected chi connectivity index (χ3v) is 2.19. The Morgan fingerprint density at radius 2 is 2.15 bits per heavy atom. The summed E-state index contributed by atoms with van der Waals surface area (Å²) >= 11 is 0. The summed E-state index contributed by atoms with van der Waals surface area (Å²) in [6.07, 6.45) is 3.58. The second kappa shape index (κ2) is 3.44. The van der Waals surface area contributed by atoms with Crippen LogP contribution in [-0.2, 0) is 13.6 Å². The van der Waals surface area contributed by atoms with Gasteiger partial charge in [0.2, 0.25) is 5.92 Å². The van der Waals surface area contributed by atoms with Gasteiger partial charge < -0.3 is 0 Å². The Balaban J connectivity index is 2.60. The third-order valence-electron chi connectivity index (χ3n) is 2.19. The van der Waals surface area contributed by atoms with Gasteiger partial charge in [0.15, 0.2) is 0 Å². The zero-order valence-corrected chi connectivity index (χ0v) is 8.22. The summed E-state index contributed by atoms with van der Waals surface area (Å²) in [6.45, 7) is 3.23. The number of aromatic nitrogens is 2. The van der Waals surface area contributed by atoms with E-state index in [4.69, 9.17) is 0 Å². The molecule has 0 bridgehead atoms. The van der Waals surface area contributed by atoms with E-state index >= 15 is 0 Å². The summed E-state index contributed by atoms with van der Waals surface area (Å²) in [6, 6.07) is 0. The van der Waals surface area contributed by atoms with Gasteiger partial charge in [0.25, 0.3) is 5.82 Å². The van der Waals surface area contributed by atoms with Crippen LogP contribution in [0, 0.1) is 6.92 Å². The topological polar surface area (TPSA) is 8.81 Å². The average Bonchev–Trinajstić information content (AvgIpc) is 2.29. The van der Waals surface area contributed by atoms with Crippen LogP contribution in [-0.4, -0.2) is 10.5 Å². The Morgan fingerprint density at radius 1 is 1.54 bits per heavy atom. The Morgan fingerprint density at radius 3 is 2.54 bits per heavy atom. The van der Waals surface area contributed by atoms with Gasteiger partial charge in [-0.05, 0) is 6.92 Å². The maximum atomic E-state index is 12.5. The molecule has 0 saturated heterocycles. The molecule has 0 amide bonds. The Kier molecular flexibility index (Phi) is 2.68. The molecule has 0 fully saturated rings. The minimum Gasteiger partial charge on any atom is -0.237 e. The molecule has 0 aliphatic rings. The van der Waals surface area contributed by atoms with Crippen molar-refractivity contribution >= 4 is 0 Å². The molecule has 0 N–H and O–H groups in total. The van der Waals surface area contributed by atoms with E-state index in [0.717, 1.165) is 12.7 Å².